The van der Waals surface area contributed by atoms with Crippen molar-refractivity contribution in [3.63, 3.8) is 0 Å². The van der Waals surface area contributed by atoms with Gasteiger partial charge in [-0.3, -0.25) is 0 Å². The highest BCUT2D eigenvalue weighted by Crippen LogP contribution is 2.36. The van der Waals surface area contributed by atoms with Crippen LogP contribution in [0.5, 0.6) is 0 Å². The number of hydrogen-bond acceptors (Lipinski definition) is 1. The quantitative estimate of drug-likeness (QED) is 0.439. The first-order valence-corrected chi connectivity index (χ1v) is 9.68. The molecule has 3 aromatic rings. The molecule has 0 saturated carbocycles. The van der Waals surface area contributed by atoms with Gasteiger partial charge in [0, 0.05) is 21.3 Å². The van der Waals surface area contributed by atoms with Gasteiger partial charge in [0.1, 0.15) is 0 Å². The Bertz CT molecular complexity index is 850. The van der Waals surface area contributed by atoms with Crippen LogP contribution in [0.2, 0.25) is 5.02 Å². The molecule has 0 N–H and O–H groups in total. The highest BCUT2D eigenvalue weighted by molar-refractivity contribution is 9.10. The van der Waals surface area contributed by atoms with Crippen molar-refractivity contribution in [2.45, 2.75) is 39.5 Å². The molecule has 3 rings (SSSR count). The molecule has 0 aliphatic rings. The van der Waals surface area contributed by atoms with Crippen LogP contribution in [0.1, 0.15) is 50.7 Å². The number of hydrogen-bond donors (Lipinski definition) is 0. The lowest BCUT2D eigenvalue weighted by Gasteiger charge is -2.18. The van der Waals surface area contributed by atoms with E-state index in [4.69, 9.17) is 11.6 Å². The molecule has 4 heteroatoms. The third kappa shape index (κ3) is 3.83. The first kappa shape index (κ1) is 18.2. The topological polar surface area (TPSA) is 17.8 Å². The van der Waals surface area contributed by atoms with Crippen molar-refractivity contribution in [2.75, 3.05) is 0 Å². The largest absolute Gasteiger partial charge is 0.240 e. The minimum atomic E-state index is 0.456. The summed E-state index contributed by atoms with van der Waals surface area (Å²) in [6.45, 7) is 8.95. The van der Waals surface area contributed by atoms with Gasteiger partial charge >= 0.3 is 0 Å². The zero-order valence-electron chi connectivity index (χ0n) is 14.9. The van der Waals surface area contributed by atoms with E-state index >= 15 is 0 Å². The van der Waals surface area contributed by atoms with Gasteiger partial charge in [-0.25, -0.2) is 4.68 Å². The van der Waals surface area contributed by atoms with Gasteiger partial charge in [-0.15, -0.1) is 0 Å². The molecule has 0 amide bonds. The molecular weight excluding hydrogens is 396 g/mol. The lowest BCUT2D eigenvalue weighted by Crippen LogP contribution is -1.99. The summed E-state index contributed by atoms with van der Waals surface area (Å²) in [5.41, 5.74) is 6.11. The van der Waals surface area contributed by atoms with Gasteiger partial charge in [0.15, 0.2) is 0 Å². The van der Waals surface area contributed by atoms with Crippen LogP contribution in [0.25, 0.3) is 16.8 Å². The number of benzene rings is 2. The highest BCUT2D eigenvalue weighted by Gasteiger charge is 2.17. The van der Waals surface area contributed by atoms with E-state index in [0.717, 1.165) is 15.7 Å². The number of aromatic nitrogens is 2. The van der Waals surface area contributed by atoms with E-state index in [1.54, 1.807) is 0 Å². The smallest absolute Gasteiger partial charge is 0.0671 e. The maximum absolute atomic E-state index is 6.19. The lowest BCUT2D eigenvalue weighted by molar-refractivity contribution is 0.838. The van der Waals surface area contributed by atoms with Crippen molar-refractivity contribution in [3.05, 3.63) is 69.4 Å². The summed E-state index contributed by atoms with van der Waals surface area (Å²) >= 11 is 9.68. The molecule has 0 spiro atoms. The van der Waals surface area contributed by atoms with Gasteiger partial charge in [-0.1, -0.05) is 73.4 Å². The van der Waals surface area contributed by atoms with Gasteiger partial charge < -0.3 is 0 Å². The molecule has 0 unspecified atom stereocenters. The molecule has 0 radical (unpaired) electrons. The van der Waals surface area contributed by atoms with Gasteiger partial charge in [0.05, 0.1) is 11.9 Å². The third-order valence-corrected chi connectivity index (χ3v) is 5.03. The summed E-state index contributed by atoms with van der Waals surface area (Å²) in [5, 5.41) is 5.27. The van der Waals surface area contributed by atoms with Crippen LogP contribution in [0.3, 0.4) is 0 Å². The molecular formula is C21H22BrClN2. The van der Waals surface area contributed by atoms with Crippen LogP contribution in [0.4, 0.5) is 0 Å². The van der Waals surface area contributed by atoms with Crippen LogP contribution >= 0.6 is 27.5 Å². The van der Waals surface area contributed by atoms with Crippen molar-refractivity contribution in [2.24, 2.45) is 0 Å². The zero-order valence-corrected chi connectivity index (χ0v) is 17.3. The Morgan fingerprint density at radius 3 is 2.20 bits per heavy atom. The van der Waals surface area contributed by atoms with Crippen LogP contribution in [-0.4, -0.2) is 9.78 Å². The van der Waals surface area contributed by atoms with E-state index in [1.807, 2.05) is 29.1 Å². The van der Waals surface area contributed by atoms with Crippen LogP contribution in [-0.2, 0) is 0 Å². The average Bonchev–Trinajstić information content (AvgIpc) is 3.02. The lowest BCUT2D eigenvalue weighted by atomic mass is 9.86. The molecule has 0 bridgehead atoms. The molecule has 2 aromatic carbocycles. The van der Waals surface area contributed by atoms with Gasteiger partial charge in [0.25, 0.3) is 0 Å². The Balaban J connectivity index is 2.14. The summed E-state index contributed by atoms with van der Waals surface area (Å²) in [5.74, 6) is 0.912. The minimum Gasteiger partial charge on any atom is -0.240 e. The summed E-state index contributed by atoms with van der Waals surface area (Å²) in [7, 11) is 0. The van der Waals surface area contributed by atoms with E-state index in [9.17, 15) is 0 Å². The molecule has 130 valence electrons. The maximum Gasteiger partial charge on any atom is 0.0671 e. The average molecular weight is 418 g/mol. The molecule has 2 nitrogen and oxygen atoms in total. The first-order chi connectivity index (χ1) is 11.9. The molecule has 0 atom stereocenters. The van der Waals surface area contributed by atoms with Crippen molar-refractivity contribution in [1.82, 2.24) is 9.78 Å². The van der Waals surface area contributed by atoms with E-state index in [0.29, 0.717) is 16.9 Å². The normalized spacial score (nSPS) is 11.5. The van der Waals surface area contributed by atoms with E-state index < -0.39 is 0 Å². The minimum absolute atomic E-state index is 0.456. The summed E-state index contributed by atoms with van der Waals surface area (Å²) < 4.78 is 2.82. The van der Waals surface area contributed by atoms with Crippen molar-refractivity contribution in [1.29, 1.82) is 0 Å². The van der Waals surface area contributed by atoms with E-state index in [2.05, 4.69) is 73.1 Å². The second-order valence-electron chi connectivity index (χ2n) is 6.92. The van der Waals surface area contributed by atoms with Crippen LogP contribution in [0.15, 0.2) is 53.3 Å². The molecule has 25 heavy (non-hydrogen) atoms. The second-order valence-corrected chi connectivity index (χ2v) is 8.27. The molecule has 0 fully saturated rings. The first-order valence-electron chi connectivity index (χ1n) is 8.51. The fourth-order valence-corrected chi connectivity index (χ4v) is 3.99. The Morgan fingerprint density at radius 2 is 1.64 bits per heavy atom. The van der Waals surface area contributed by atoms with Crippen LogP contribution in [0, 0.1) is 0 Å². The van der Waals surface area contributed by atoms with E-state index in [1.165, 1.54) is 16.7 Å². The molecule has 1 aromatic heterocycles. The van der Waals surface area contributed by atoms with Gasteiger partial charge in [-0.05, 0) is 46.7 Å². The van der Waals surface area contributed by atoms with E-state index in [-0.39, 0.29) is 0 Å². The molecule has 1 heterocycles. The number of nitrogens with zero attached hydrogens (tertiary/aromatic N) is 2. The molecule has 0 aliphatic carbocycles. The fraction of sp³-hybridized carbons (Fsp3) is 0.286. The Hall–Kier alpha value is -1.58. The van der Waals surface area contributed by atoms with Crippen molar-refractivity contribution in [3.8, 4) is 16.8 Å². The predicted octanol–water partition coefficient (Wildman–Crippen LogP) is 7.20. The van der Waals surface area contributed by atoms with Crippen molar-refractivity contribution < 1.29 is 0 Å². The summed E-state index contributed by atoms with van der Waals surface area (Å²) in [6, 6.07) is 12.4. The molecule has 0 saturated heterocycles. The summed E-state index contributed by atoms with van der Waals surface area (Å²) in [4.78, 5) is 0. The predicted molar refractivity (Wildman–Crippen MR) is 110 cm³/mol. The third-order valence-electron chi connectivity index (χ3n) is 4.36. The van der Waals surface area contributed by atoms with Gasteiger partial charge in [-0.2, -0.15) is 5.10 Å². The zero-order chi connectivity index (χ0) is 18.1. The second kappa shape index (κ2) is 7.35. The Morgan fingerprint density at radius 1 is 1.00 bits per heavy atom. The molecule has 0 aliphatic heterocycles. The summed E-state index contributed by atoms with van der Waals surface area (Å²) in [6.07, 6.45) is 4.03. The maximum atomic E-state index is 6.19. The monoisotopic (exact) mass is 416 g/mol. The SMILES string of the molecule is CC(C)c1cccc(C(C)C)c1-c1cnn(-c2cc(Cl)cc(Br)c2)c1. The number of halogens is 2. The van der Waals surface area contributed by atoms with Crippen molar-refractivity contribution >= 4 is 27.5 Å². The van der Waals surface area contributed by atoms with Gasteiger partial charge in [0.2, 0.25) is 0 Å². The number of rotatable bonds is 4. The fourth-order valence-electron chi connectivity index (χ4n) is 3.15. The Labute approximate surface area is 163 Å². The Kier molecular flexibility index (Phi) is 5.35. The highest BCUT2D eigenvalue weighted by atomic mass is 79.9. The van der Waals surface area contributed by atoms with Crippen LogP contribution < -0.4 is 0 Å². The standard InChI is InChI=1S/C21H22BrClN2/c1-13(2)19-6-5-7-20(14(3)4)21(19)15-11-24-25(12-15)18-9-16(22)8-17(23)10-18/h5-14H,1-4H3.